The lowest BCUT2D eigenvalue weighted by molar-refractivity contribution is -0.138. The highest BCUT2D eigenvalue weighted by molar-refractivity contribution is 5.93. The number of hydrogen-bond acceptors (Lipinski definition) is 3. The molecule has 0 saturated heterocycles. The molecule has 2 rings (SSSR count). The Morgan fingerprint density at radius 3 is 2.55 bits per heavy atom. The Hall–Kier alpha value is -2.95. The zero-order valence-corrected chi connectivity index (χ0v) is 11.7. The minimum atomic E-state index is -0.538. The van der Waals surface area contributed by atoms with Crippen LogP contribution in [0.2, 0.25) is 0 Å². The van der Waals surface area contributed by atoms with Gasteiger partial charge >= 0.3 is 5.97 Å². The molecule has 0 atom stereocenters. The van der Waals surface area contributed by atoms with Crippen molar-refractivity contribution in [2.75, 3.05) is 0 Å². The molecule has 0 saturated carbocycles. The average Bonchev–Trinajstić information content (AvgIpc) is 2.52. The lowest BCUT2D eigenvalue weighted by Crippen LogP contribution is -2.11. The molecule has 0 aromatic heterocycles. The van der Waals surface area contributed by atoms with Crippen molar-refractivity contribution < 1.29 is 18.7 Å². The predicted molar refractivity (Wildman–Crippen MR) is 80.2 cm³/mol. The van der Waals surface area contributed by atoms with E-state index in [-0.39, 0.29) is 12.4 Å². The Morgan fingerprint density at radius 2 is 1.86 bits per heavy atom. The highest BCUT2D eigenvalue weighted by atomic mass is 19.1. The topological polar surface area (TPSA) is 69.4 Å². The Bertz CT molecular complexity index is 708. The summed E-state index contributed by atoms with van der Waals surface area (Å²) in [5.74, 6) is -1.41. The number of benzene rings is 2. The van der Waals surface area contributed by atoms with Gasteiger partial charge in [0.05, 0.1) is 0 Å². The molecule has 0 radical (unpaired) electrons. The number of nitrogens with two attached hydrogens (primary N) is 1. The number of amides is 1. The molecular formula is C17H14FNO3. The van der Waals surface area contributed by atoms with Gasteiger partial charge in [0.15, 0.2) is 0 Å². The standard InChI is InChI=1S/C17H14FNO3/c18-15-7-4-12(5-8-15)6-9-16(20)22-11-13-2-1-3-14(10-13)17(19)21/h1-10H,11H2,(H2,19,21)/b9-6+. The monoisotopic (exact) mass is 299 g/mol. The molecule has 4 nitrogen and oxygen atoms in total. The van der Waals surface area contributed by atoms with Crippen molar-refractivity contribution in [3.63, 3.8) is 0 Å². The normalized spacial score (nSPS) is 10.6. The molecule has 0 aliphatic rings. The number of esters is 1. The van der Waals surface area contributed by atoms with E-state index in [1.54, 1.807) is 36.4 Å². The lowest BCUT2D eigenvalue weighted by Gasteiger charge is -2.03. The summed E-state index contributed by atoms with van der Waals surface area (Å²) < 4.78 is 17.8. The van der Waals surface area contributed by atoms with Gasteiger partial charge in [-0.05, 0) is 41.5 Å². The second kappa shape index (κ2) is 7.17. The molecular weight excluding hydrogens is 285 g/mol. The van der Waals surface area contributed by atoms with Crippen LogP contribution in [0.15, 0.2) is 54.6 Å². The molecule has 2 aromatic rings. The summed E-state index contributed by atoms with van der Waals surface area (Å²) in [5.41, 5.74) is 6.89. The van der Waals surface area contributed by atoms with Crippen molar-refractivity contribution in [2.24, 2.45) is 5.73 Å². The van der Waals surface area contributed by atoms with Gasteiger partial charge in [-0.25, -0.2) is 9.18 Å². The maximum Gasteiger partial charge on any atom is 0.331 e. The first-order chi connectivity index (χ1) is 10.5. The molecule has 5 heteroatoms. The molecule has 0 aliphatic carbocycles. The van der Waals surface area contributed by atoms with Crippen molar-refractivity contribution in [3.05, 3.63) is 77.1 Å². The van der Waals surface area contributed by atoms with Crippen LogP contribution in [0.4, 0.5) is 4.39 Å². The molecule has 22 heavy (non-hydrogen) atoms. The van der Waals surface area contributed by atoms with Crippen LogP contribution in [0, 0.1) is 5.82 Å². The number of rotatable bonds is 5. The first-order valence-electron chi connectivity index (χ1n) is 6.54. The van der Waals surface area contributed by atoms with Gasteiger partial charge in [-0.2, -0.15) is 0 Å². The zero-order valence-electron chi connectivity index (χ0n) is 11.7. The van der Waals surface area contributed by atoms with Crippen LogP contribution in [0.25, 0.3) is 6.08 Å². The molecule has 0 aliphatic heterocycles. The second-order valence-corrected chi connectivity index (χ2v) is 4.56. The van der Waals surface area contributed by atoms with Crippen LogP contribution in [-0.4, -0.2) is 11.9 Å². The fourth-order valence-corrected chi connectivity index (χ4v) is 1.76. The Balaban J connectivity index is 1.91. The first-order valence-corrected chi connectivity index (χ1v) is 6.54. The zero-order chi connectivity index (χ0) is 15.9. The highest BCUT2D eigenvalue weighted by Crippen LogP contribution is 2.08. The van der Waals surface area contributed by atoms with Gasteiger partial charge in [0.1, 0.15) is 12.4 Å². The quantitative estimate of drug-likeness (QED) is 0.681. The summed E-state index contributed by atoms with van der Waals surface area (Å²) >= 11 is 0. The molecule has 2 aromatic carbocycles. The van der Waals surface area contributed by atoms with Crippen molar-refractivity contribution >= 4 is 18.0 Å². The van der Waals surface area contributed by atoms with Crippen molar-refractivity contribution in [2.45, 2.75) is 6.61 Å². The van der Waals surface area contributed by atoms with Gasteiger partial charge in [0.2, 0.25) is 5.91 Å². The maximum atomic E-state index is 12.7. The number of ether oxygens (including phenoxy) is 1. The van der Waals surface area contributed by atoms with Gasteiger partial charge in [0, 0.05) is 11.6 Å². The summed E-state index contributed by atoms with van der Waals surface area (Å²) in [4.78, 5) is 22.7. The Kier molecular flexibility index (Phi) is 5.03. The minimum absolute atomic E-state index is 0.0354. The Morgan fingerprint density at radius 1 is 1.14 bits per heavy atom. The van der Waals surface area contributed by atoms with Crippen molar-refractivity contribution in [1.82, 2.24) is 0 Å². The van der Waals surface area contributed by atoms with E-state index in [0.717, 1.165) is 0 Å². The second-order valence-electron chi connectivity index (χ2n) is 4.56. The summed E-state index contributed by atoms with van der Waals surface area (Å²) in [6.45, 7) is 0.0354. The number of carbonyl (C=O) groups is 2. The van der Waals surface area contributed by atoms with E-state index in [4.69, 9.17) is 10.5 Å². The molecule has 112 valence electrons. The van der Waals surface area contributed by atoms with Crippen molar-refractivity contribution in [1.29, 1.82) is 0 Å². The van der Waals surface area contributed by atoms with E-state index in [9.17, 15) is 14.0 Å². The summed E-state index contributed by atoms with van der Waals surface area (Å²) in [5, 5.41) is 0. The summed E-state index contributed by atoms with van der Waals surface area (Å²) in [7, 11) is 0. The summed E-state index contributed by atoms with van der Waals surface area (Å²) in [6.07, 6.45) is 2.78. The first kappa shape index (κ1) is 15.4. The highest BCUT2D eigenvalue weighted by Gasteiger charge is 2.03. The van der Waals surface area contributed by atoms with Gasteiger partial charge in [-0.15, -0.1) is 0 Å². The maximum absolute atomic E-state index is 12.7. The van der Waals surface area contributed by atoms with E-state index in [1.807, 2.05) is 0 Å². The fourth-order valence-electron chi connectivity index (χ4n) is 1.76. The largest absolute Gasteiger partial charge is 0.458 e. The fraction of sp³-hybridized carbons (Fsp3) is 0.0588. The third-order valence-corrected chi connectivity index (χ3v) is 2.87. The van der Waals surface area contributed by atoms with Crippen LogP contribution >= 0.6 is 0 Å². The van der Waals surface area contributed by atoms with Crippen molar-refractivity contribution in [3.8, 4) is 0 Å². The number of hydrogen-bond donors (Lipinski definition) is 1. The lowest BCUT2D eigenvalue weighted by atomic mass is 10.1. The van der Waals surface area contributed by atoms with Crippen LogP contribution in [0.5, 0.6) is 0 Å². The van der Waals surface area contributed by atoms with Crippen LogP contribution in [-0.2, 0) is 16.1 Å². The van der Waals surface area contributed by atoms with E-state index in [0.29, 0.717) is 16.7 Å². The van der Waals surface area contributed by atoms with E-state index in [1.165, 1.54) is 24.3 Å². The molecule has 0 fully saturated rings. The third kappa shape index (κ3) is 4.56. The summed E-state index contributed by atoms with van der Waals surface area (Å²) in [6, 6.07) is 12.3. The average molecular weight is 299 g/mol. The molecule has 0 bridgehead atoms. The number of primary amides is 1. The minimum Gasteiger partial charge on any atom is -0.458 e. The van der Waals surface area contributed by atoms with E-state index in [2.05, 4.69) is 0 Å². The smallest absolute Gasteiger partial charge is 0.331 e. The Labute approximate surface area is 127 Å². The third-order valence-electron chi connectivity index (χ3n) is 2.87. The van der Waals surface area contributed by atoms with Crippen LogP contribution in [0.1, 0.15) is 21.5 Å². The molecule has 2 N–H and O–H groups in total. The SMILES string of the molecule is NC(=O)c1cccc(COC(=O)/C=C/c2ccc(F)cc2)c1. The van der Waals surface area contributed by atoms with Gasteiger partial charge in [0.25, 0.3) is 0 Å². The number of carbonyl (C=O) groups excluding carboxylic acids is 2. The molecule has 0 unspecified atom stereocenters. The van der Waals surface area contributed by atoms with Gasteiger partial charge < -0.3 is 10.5 Å². The van der Waals surface area contributed by atoms with Crippen LogP contribution < -0.4 is 5.73 Å². The number of halogens is 1. The van der Waals surface area contributed by atoms with Gasteiger partial charge in [-0.3, -0.25) is 4.79 Å². The van der Waals surface area contributed by atoms with E-state index < -0.39 is 11.9 Å². The molecule has 0 heterocycles. The van der Waals surface area contributed by atoms with E-state index >= 15 is 0 Å². The predicted octanol–water partition coefficient (Wildman–Crippen LogP) is 2.68. The molecule has 1 amide bonds. The molecule has 0 spiro atoms. The van der Waals surface area contributed by atoms with Gasteiger partial charge in [-0.1, -0.05) is 24.3 Å². The van der Waals surface area contributed by atoms with Crippen LogP contribution in [0.3, 0.4) is 0 Å².